The van der Waals surface area contributed by atoms with Crippen molar-refractivity contribution in [1.29, 1.82) is 0 Å². The van der Waals surface area contributed by atoms with Gasteiger partial charge >= 0.3 is 0 Å². The molecule has 0 rings (SSSR count). The molecule has 5 nitrogen and oxygen atoms in total. The van der Waals surface area contributed by atoms with Crippen molar-refractivity contribution in [2.24, 2.45) is 0 Å². The molecule has 0 aromatic heterocycles. The van der Waals surface area contributed by atoms with E-state index in [2.05, 4.69) is 0 Å². The Bertz CT molecular complexity index is 157. The largest absolute Gasteiger partial charge is 0.349 e. The van der Waals surface area contributed by atoms with Crippen LogP contribution in [0.4, 0.5) is 0 Å². The Morgan fingerprint density at radius 2 is 1.50 bits per heavy atom. The molecular weight excluding hydrogens is 160 g/mol. The number of carbonyl (C=O) groups excluding carboxylic acids is 2. The number of rotatable bonds is 3. The highest BCUT2D eigenvalue weighted by molar-refractivity contribution is 5.82. The first-order valence-corrected chi connectivity index (χ1v) is 3.60. The zero-order valence-electron chi connectivity index (χ0n) is 7.57. The van der Waals surface area contributed by atoms with Gasteiger partial charge in [0.05, 0.1) is 0 Å². The minimum atomic E-state index is -0.454. The first-order valence-electron chi connectivity index (χ1n) is 3.60. The molecule has 0 atom stereocenters. The molecule has 2 amide bonds. The lowest BCUT2D eigenvalue weighted by atomic mass is 10.3. The summed E-state index contributed by atoms with van der Waals surface area (Å²) < 4.78 is 0. The maximum Gasteiger partial charge on any atom is 0.246 e. The van der Waals surface area contributed by atoms with E-state index in [1.54, 1.807) is 14.1 Å². The van der Waals surface area contributed by atoms with Crippen molar-refractivity contribution in [3.63, 3.8) is 0 Å². The highest BCUT2D eigenvalue weighted by Crippen LogP contribution is 1.95. The van der Waals surface area contributed by atoms with Crippen molar-refractivity contribution in [2.45, 2.75) is 12.8 Å². The first-order chi connectivity index (χ1) is 5.45. The van der Waals surface area contributed by atoms with E-state index in [1.165, 1.54) is 11.9 Å². The number of nitrogens with zero attached hydrogens (tertiary/aromatic N) is 2. The zero-order chi connectivity index (χ0) is 9.72. The van der Waals surface area contributed by atoms with Crippen LogP contribution in [0.5, 0.6) is 0 Å². The van der Waals surface area contributed by atoms with E-state index < -0.39 is 5.91 Å². The van der Waals surface area contributed by atoms with Gasteiger partial charge in [-0.2, -0.15) is 0 Å². The van der Waals surface area contributed by atoms with Crippen molar-refractivity contribution >= 4 is 11.8 Å². The van der Waals surface area contributed by atoms with Crippen LogP contribution in [-0.4, -0.2) is 48.1 Å². The SMILES string of the molecule is CN(C)C(=O)CCC(=O)N(C)O. The minimum Gasteiger partial charge on any atom is -0.349 e. The van der Waals surface area contributed by atoms with E-state index in [9.17, 15) is 9.59 Å². The fraction of sp³-hybridized carbons (Fsp3) is 0.714. The summed E-state index contributed by atoms with van der Waals surface area (Å²) in [6.45, 7) is 0. The van der Waals surface area contributed by atoms with Gasteiger partial charge in [0.2, 0.25) is 11.8 Å². The lowest BCUT2D eigenvalue weighted by Gasteiger charge is -2.11. The van der Waals surface area contributed by atoms with Gasteiger partial charge in [-0.15, -0.1) is 0 Å². The van der Waals surface area contributed by atoms with Crippen molar-refractivity contribution in [1.82, 2.24) is 9.96 Å². The lowest BCUT2D eigenvalue weighted by Crippen LogP contribution is -2.26. The second-order valence-electron chi connectivity index (χ2n) is 2.71. The van der Waals surface area contributed by atoms with Gasteiger partial charge in [-0.25, -0.2) is 5.06 Å². The smallest absolute Gasteiger partial charge is 0.246 e. The van der Waals surface area contributed by atoms with E-state index >= 15 is 0 Å². The van der Waals surface area contributed by atoms with Crippen LogP contribution in [0.2, 0.25) is 0 Å². The summed E-state index contributed by atoms with van der Waals surface area (Å²) in [6, 6.07) is 0. The van der Waals surface area contributed by atoms with Gasteiger partial charge in [0, 0.05) is 34.0 Å². The third kappa shape index (κ3) is 3.92. The van der Waals surface area contributed by atoms with E-state index in [4.69, 9.17) is 5.21 Å². The summed E-state index contributed by atoms with van der Waals surface area (Å²) in [7, 11) is 4.48. The summed E-state index contributed by atoms with van der Waals surface area (Å²) in [6.07, 6.45) is 0.181. The summed E-state index contributed by atoms with van der Waals surface area (Å²) in [5.74, 6) is -0.574. The molecule has 0 aliphatic rings. The average Bonchev–Trinajstić information content (AvgIpc) is 1.98. The fourth-order valence-corrected chi connectivity index (χ4v) is 0.599. The molecule has 1 N–H and O–H groups in total. The van der Waals surface area contributed by atoms with Crippen molar-refractivity contribution < 1.29 is 14.8 Å². The maximum absolute atomic E-state index is 10.9. The Morgan fingerprint density at radius 3 is 1.83 bits per heavy atom. The van der Waals surface area contributed by atoms with Crippen molar-refractivity contribution in [2.75, 3.05) is 21.1 Å². The number of amides is 2. The number of hydrogen-bond acceptors (Lipinski definition) is 3. The minimum absolute atomic E-state index is 0.0456. The molecule has 0 spiro atoms. The highest BCUT2D eigenvalue weighted by atomic mass is 16.5. The summed E-state index contributed by atoms with van der Waals surface area (Å²) in [4.78, 5) is 23.1. The molecular formula is C7H14N2O3. The second-order valence-corrected chi connectivity index (χ2v) is 2.71. The van der Waals surface area contributed by atoms with Gasteiger partial charge < -0.3 is 4.90 Å². The fourth-order valence-electron chi connectivity index (χ4n) is 0.599. The van der Waals surface area contributed by atoms with Crippen molar-refractivity contribution in [3.8, 4) is 0 Å². The molecule has 0 unspecified atom stereocenters. The third-order valence-corrected chi connectivity index (χ3v) is 1.41. The predicted molar refractivity (Wildman–Crippen MR) is 42.5 cm³/mol. The van der Waals surface area contributed by atoms with E-state index in [1.807, 2.05) is 0 Å². The molecule has 0 aliphatic carbocycles. The Morgan fingerprint density at radius 1 is 1.08 bits per heavy atom. The zero-order valence-corrected chi connectivity index (χ0v) is 7.57. The van der Waals surface area contributed by atoms with Crippen LogP contribution in [0.25, 0.3) is 0 Å². The molecule has 0 fully saturated rings. The van der Waals surface area contributed by atoms with Crippen LogP contribution in [0.15, 0.2) is 0 Å². The summed E-state index contributed by atoms with van der Waals surface area (Å²) in [5.41, 5.74) is 0. The molecule has 5 heteroatoms. The molecule has 0 aliphatic heterocycles. The molecule has 12 heavy (non-hydrogen) atoms. The molecule has 0 radical (unpaired) electrons. The van der Waals surface area contributed by atoms with E-state index in [0.717, 1.165) is 0 Å². The second kappa shape index (κ2) is 4.71. The predicted octanol–water partition coefficient (Wildman–Crippen LogP) is -0.298. The van der Waals surface area contributed by atoms with Gasteiger partial charge in [0.15, 0.2) is 0 Å². The summed E-state index contributed by atoms with van der Waals surface area (Å²) in [5, 5.41) is 9.12. The first kappa shape index (κ1) is 10.9. The molecule has 70 valence electrons. The third-order valence-electron chi connectivity index (χ3n) is 1.41. The Kier molecular flexibility index (Phi) is 4.28. The topological polar surface area (TPSA) is 60.9 Å². The Balaban J connectivity index is 3.69. The van der Waals surface area contributed by atoms with Crippen LogP contribution in [-0.2, 0) is 9.59 Å². The normalized spacial score (nSPS) is 9.33. The Hall–Kier alpha value is -1.10. The van der Waals surface area contributed by atoms with Crippen LogP contribution < -0.4 is 0 Å². The molecule has 0 saturated carbocycles. The van der Waals surface area contributed by atoms with Gasteiger partial charge in [0.1, 0.15) is 0 Å². The molecule has 0 saturated heterocycles. The number of hydroxylamine groups is 2. The standard InChI is InChI=1S/C7H14N2O3/c1-8(2)6(10)4-5-7(11)9(3)12/h12H,4-5H2,1-3H3. The highest BCUT2D eigenvalue weighted by Gasteiger charge is 2.10. The summed E-state index contributed by atoms with van der Waals surface area (Å²) >= 11 is 0. The monoisotopic (exact) mass is 174 g/mol. The van der Waals surface area contributed by atoms with Crippen LogP contribution in [0, 0.1) is 0 Å². The van der Waals surface area contributed by atoms with Crippen LogP contribution in [0.3, 0.4) is 0 Å². The molecule has 0 aromatic carbocycles. The maximum atomic E-state index is 10.9. The number of carbonyl (C=O) groups is 2. The van der Waals surface area contributed by atoms with E-state index in [0.29, 0.717) is 5.06 Å². The molecule has 0 aromatic rings. The van der Waals surface area contributed by atoms with Gasteiger partial charge in [-0.05, 0) is 0 Å². The van der Waals surface area contributed by atoms with Gasteiger partial charge in [-0.3, -0.25) is 14.8 Å². The molecule has 0 bridgehead atoms. The van der Waals surface area contributed by atoms with Crippen molar-refractivity contribution in [3.05, 3.63) is 0 Å². The number of hydrogen-bond donors (Lipinski definition) is 1. The Labute approximate surface area is 71.5 Å². The van der Waals surface area contributed by atoms with Gasteiger partial charge in [0.25, 0.3) is 0 Å². The van der Waals surface area contributed by atoms with Crippen LogP contribution >= 0.6 is 0 Å². The van der Waals surface area contributed by atoms with Crippen LogP contribution in [0.1, 0.15) is 12.8 Å². The molecule has 0 heterocycles. The lowest BCUT2D eigenvalue weighted by molar-refractivity contribution is -0.160. The van der Waals surface area contributed by atoms with E-state index in [-0.39, 0.29) is 18.7 Å². The quantitative estimate of drug-likeness (QED) is 0.472. The average molecular weight is 174 g/mol. The van der Waals surface area contributed by atoms with Gasteiger partial charge in [-0.1, -0.05) is 0 Å².